The summed E-state index contributed by atoms with van der Waals surface area (Å²) in [5, 5.41) is 14.8. The maximum Gasteiger partial charge on any atom is 0.274 e. The highest BCUT2D eigenvalue weighted by atomic mass is 16.1. The van der Waals surface area contributed by atoms with Gasteiger partial charge in [0.2, 0.25) is 5.95 Å². The number of carbonyl (C=O) groups excluding carboxylic acids is 1. The van der Waals surface area contributed by atoms with E-state index in [9.17, 15) is 4.79 Å². The van der Waals surface area contributed by atoms with Gasteiger partial charge in [0, 0.05) is 18.4 Å². The molecule has 1 heterocycles. The third-order valence-electron chi connectivity index (χ3n) is 3.71. The number of nitrogens with zero attached hydrogens (tertiary/aromatic N) is 3. The van der Waals surface area contributed by atoms with Gasteiger partial charge in [-0.2, -0.15) is 5.26 Å². The lowest BCUT2D eigenvalue weighted by Gasteiger charge is -2.08. The summed E-state index contributed by atoms with van der Waals surface area (Å²) in [6.07, 6.45) is 1.53. The summed E-state index contributed by atoms with van der Waals surface area (Å²) in [6, 6.07) is 18.4. The number of aromatic nitrogens is 2. The van der Waals surface area contributed by atoms with Crippen LogP contribution in [-0.4, -0.2) is 15.9 Å². The third kappa shape index (κ3) is 4.42. The van der Waals surface area contributed by atoms with Crippen LogP contribution in [0.2, 0.25) is 0 Å². The van der Waals surface area contributed by atoms with Gasteiger partial charge in [0.25, 0.3) is 5.91 Å². The van der Waals surface area contributed by atoms with Crippen molar-refractivity contribution in [2.24, 2.45) is 0 Å². The van der Waals surface area contributed by atoms with Crippen LogP contribution < -0.4 is 10.6 Å². The van der Waals surface area contributed by atoms with Gasteiger partial charge in [-0.25, -0.2) is 9.97 Å². The van der Waals surface area contributed by atoms with E-state index >= 15 is 0 Å². The molecule has 0 saturated heterocycles. The molecule has 3 aromatic rings. The second-order valence-corrected chi connectivity index (χ2v) is 5.75. The minimum absolute atomic E-state index is 0.244. The van der Waals surface area contributed by atoms with Crippen LogP contribution in [0.25, 0.3) is 0 Å². The highest BCUT2D eigenvalue weighted by Crippen LogP contribution is 2.12. The molecule has 0 saturated carbocycles. The van der Waals surface area contributed by atoms with Crippen LogP contribution in [0, 0.1) is 18.3 Å². The molecule has 0 fully saturated rings. The molecule has 6 heteroatoms. The quantitative estimate of drug-likeness (QED) is 0.739. The van der Waals surface area contributed by atoms with E-state index in [0.717, 1.165) is 5.56 Å². The summed E-state index contributed by atoms with van der Waals surface area (Å²) in [7, 11) is 0. The zero-order valence-corrected chi connectivity index (χ0v) is 14.2. The molecule has 128 valence electrons. The Labute approximate surface area is 151 Å². The molecule has 0 aliphatic carbocycles. The molecule has 1 aromatic heterocycles. The Morgan fingerprint density at radius 3 is 2.73 bits per heavy atom. The van der Waals surface area contributed by atoms with Crippen LogP contribution in [-0.2, 0) is 6.54 Å². The first-order chi connectivity index (χ1) is 12.6. The Bertz CT molecular complexity index is 960. The van der Waals surface area contributed by atoms with Crippen molar-refractivity contribution in [1.29, 1.82) is 5.26 Å². The fourth-order valence-electron chi connectivity index (χ4n) is 2.32. The number of anilines is 2. The lowest BCUT2D eigenvalue weighted by atomic mass is 10.1. The van der Waals surface area contributed by atoms with Gasteiger partial charge in [-0.15, -0.1) is 0 Å². The van der Waals surface area contributed by atoms with Gasteiger partial charge in [0.05, 0.1) is 11.6 Å². The first-order valence-corrected chi connectivity index (χ1v) is 8.08. The topological polar surface area (TPSA) is 90.7 Å². The fraction of sp³-hybridized carbons (Fsp3) is 0.100. The van der Waals surface area contributed by atoms with Crippen LogP contribution in [0.1, 0.15) is 27.2 Å². The van der Waals surface area contributed by atoms with E-state index in [2.05, 4.69) is 20.6 Å². The van der Waals surface area contributed by atoms with Gasteiger partial charge in [0.15, 0.2) is 0 Å². The van der Waals surface area contributed by atoms with E-state index in [0.29, 0.717) is 23.7 Å². The van der Waals surface area contributed by atoms with Crippen molar-refractivity contribution < 1.29 is 4.79 Å². The standard InChI is InChI=1S/C20H17N5O/c1-14-5-7-15(8-6-14)13-23-20-22-10-9-18(25-20)19(26)24-17-4-2-3-16(11-17)12-21/h2-11H,13H2,1H3,(H,24,26)(H,22,23,25). The van der Waals surface area contributed by atoms with Crippen molar-refractivity contribution in [2.45, 2.75) is 13.5 Å². The summed E-state index contributed by atoms with van der Waals surface area (Å²) < 4.78 is 0. The molecule has 0 unspecified atom stereocenters. The molecular weight excluding hydrogens is 326 g/mol. The van der Waals surface area contributed by atoms with Crippen LogP contribution in [0.15, 0.2) is 60.8 Å². The van der Waals surface area contributed by atoms with E-state index in [1.165, 1.54) is 11.8 Å². The fourth-order valence-corrected chi connectivity index (χ4v) is 2.32. The van der Waals surface area contributed by atoms with Crippen LogP contribution in [0.5, 0.6) is 0 Å². The number of carbonyl (C=O) groups is 1. The SMILES string of the molecule is Cc1ccc(CNc2nccc(C(=O)Nc3cccc(C#N)c3)n2)cc1. The normalized spacial score (nSPS) is 10.0. The average molecular weight is 343 g/mol. The summed E-state index contributed by atoms with van der Waals surface area (Å²) in [4.78, 5) is 20.8. The number of nitrogens with one attached hydrogen (secondary N) is 2. The van der Waals surface area contributed by atoms with Crippen LogP contribution in [0.4, 0.5) is 11.6 Å². The lowest BCUT2D eigenvalue weighted by Crippen LogP contribution is -2.15. The summed E-state index contributed by atoms with van der Waals surface area (Å²) in [5.41, 5.74) is 3.56. The van der Waals surface area contributed by atoms with Gasteiger partial charge in [0.1, 0.15) is 5.69 Å². The first-order valence-electron chi connectivity index (χ1n) is 8.08. The Morgan fingerprint density at radius 2 is 1.96 bits per heavy atom. The molecule has 2 aromatic carbocycles. The number of aryl methyl sites for hydroxylation is 1. The summed E-state index contributed by atoms with van der Waals surface area (Å²) >= 11 is 0. The van der Waals surface area contributed by atoms with Crippen molar-refractivity contribution in [3.8, 4) is 6.07 Å². The van der Waals surface area contributed by atoms with Gasteiger partial charge in [-0.05, 0) is 36.8 Å². The van der Waals surface area contributed by atoms with E-state index in [-0.39, 0.29) is 11.6 Å². The predicted molar refractivity (Wildman–Crippen MR) is 99.6 cm³/mol. The van der Waals surface area contributed by atoms with Crippen molar-refractivity contribution in [2.75, 3.05) is 10.6 Å². The van der Waals surface area contributed by atoms with Gasteiger partial charge in [-0.1, -0.05) is 35.9 Å². The van der Waals surface area contributed by atoms with Gasteiger partial charge < -0.3 is 10.6 Å². The van der Waals surface area contributed by atoms with Crippen LogP contribution >= 0.6 is 0 Å². The highest BCUT2D eigenvalue weighted by Gasteiger charge is 2.09. The van der Waals surface area contributed by atoms with Gasteiger partial charge in [-0.3, -0.25) is 4.79 Å². The summed E-state index contributed by atoms with van der Waals surface area (Å²) in [6.45, 7) is 2.60. The molecule has 3 rings (SSSR count). The predicted octanol–water partition coefficient (Wildman–Crippen LogP) is 3.52. The molecule has 0 radical (unpaired) electrons. The van der Waals surface area contributed by atoms with Crippen molar-refractivity contribution in [3.63, 3.8) is 0 Å². The Hall–Kier alpha value is -3.72. The van der Waals surface area contributed by atoms with E-state index in [1.54, 1.807) is 30.3 Å². The number of hydrogen-bond acceptors (Lipinski definition) is 5. The maximum absolute atomic E-state index is 12.4. The van der Waals surface area contributed by atoms with E-state index in [4.69, 9.17) is 5.26 Å². The molecule has 0 spiro atoms. The zero-order chi connectivity index (χ0) is 18.4. The van der Waals surface area contributed by atoms with Crippen molar-refractivity contribution in [1.82, 2.24) is 9.97 Å². The molecule has 6 nitrogen and oxygen atoms in total. The molecule has 0 bridgehead atoms. The lowest BCUT2D eigenvalue weighted by molar-refractivity contribution is 0.102. The number of rotatable bonds is 5. The van der Waals surface area contributed by atoms with Gasteiger partial charge >= 0.3 is 0 Å². The van der Waals surface area contributed by atoms with Crippen molar-refractivity contribution >= 4 is 17.5 Å². The molecule has 26 heavy (non-hydrogen) atoms. The van der Waals surface area contributed by atoms with E-state index < -0.39 is 0 Å². The first kappa shape index (κ1) is 17.1. The Kier molecular flexibility index (Phi) is 5.20. The second kappa shape index (κ2) is 7.90. The van der Waals surface area contributed by atoms with Crippen LogP contribution in [0.3, 0.4) is 0 Å². The Morgan fingerprint density at radius 1 is 1.15 bits per heavy atom. The Balaban J connectivity index is 1.67. The minimum Gasteiger partial charge on any atom is -0.350 e. The zero-order valence-electron chi connectivity index (χ0n) is 14.2. The average Bonchev–Trinajstić information content (AvgIpc) is 2.68. The number of amides is 1. The molecular formula is C20H17N5O. The third-order valence-corrected chi connectivity index (χ3v) is 3.71. The molecule has 0 aliphatic heterocycles. The van der Waals surface area contributed by atoms with E-state index in [1.807, 2.05) is 37.3 Å². The number of benzene rings is 2. The summed E-state index contributed by atoms with van der Waals surface area (Å²) in [5.74, 6) is 0.0184. The molecule has 1 amide bonds. The molecule has 0 atom stereocenters. The van der Waals surface area contributed by atoms with Crippen molar-refractivity contribution in [3.05, 3.63) is 83.2 Å². The largest absolute Gasteiger partial charge is 0.350 e. The second-order valence-electron chi connectivity index (χ2n) is 5.75. The highest BCUT2D eigenvalue weighted by molar-refractivity contribution is 6.03. The number of hydrogen-bond donors (Lipinski definition) is 2. The maximum atomic E-state index is 12.4. The molecule has 0 aliphatic rings. The minimum atomic E-state index is -0.360. The monoisotopic (exact) mass is 343 g/mol. The number of nitriles is 1. The smallest absolute Gasteiger partial charge is 0.274 e. The molecule has 2 N–H and O–H groups in total.